The van der Waals surface area contributed by atoms with Crippen LogP contribution in [0, 0.1) is 19.8 Å². The fraction of sp³-hybridized carbons (Fsp3) is 0.481. The molecular weight excluding hydrogens is 430 g/mol. The number of likely N-dealkylation sites (tertiary alicyclic amines) is 1. The predicted octanol–water partition coefficient (Wildman–Crippen LogP) is 4.04. The molecule has 7 heteroatoms. The number of imide groups is 1. The highest BCUT2D eigenvalue weighted by molar-refractivity contribution is 6.07. The normalized spacial score (nSPS) is 21.6. The van der Waals surface area contributed by atoms with Gasteiger partial charge in [0.25, 0.3) is 5.91 Å². The molecule has 7 nitrogen and oxygen atoms in total. The Kier molecular flexibility index (Phi) is 6.84. The number of hydrogen-bond acceptors (Lipinski definition) is 5. The van der Waals surface area contributed by atoms with Crippen LogP contribution in [-0.2, 0) is 17.9 Å². The summed E-state index contributed by atoms with van der Waals surface area (Å²) in [5, 5.41) is 3.01. The average Bonchev–Trinajstić information content (AvgIpc) is 3.02. The maximum atomic E-state index is 13.5. The van der Waals surface area contributed by atoms with Crippen molar-refractivity contribution < 1.29 is 19.1 Å². The Morgan fingerprint density at radius 1 is 1.00 bits per heavy atom. The van der Waals surface area contributed by atoms with Crippen molar-refractivity contribution in [2.75, 3.05) is 27.3 Å². The number of benzene rings is 2. The van der Waals surface area contributed by atoms with Crippen LogP contribution in [-0.4, -0.2) is 54.6 Å². The van der Waals surface area contributed by atoms with Gasteiger partial charge in [0, 0.05) is 12.1 Å². The number of ether oxygens (including phenoxy) is 2. The molecule has 0 saturated carbocycles. The molecule has 0 radical (unpaired) electrons. The van der Waals surface area contributed by atoms with E-state index in [1.807, 2.05) is 19.1 Å². The summed E-state index contributed by atoms with van der Waals surface area (Å²) in [6.45, 7) is 9.00. The second-order valence-electron chi connectivity index (χ2n) is 9.72. The molecule has 182 valence electrons. The molecule has 2 aliphatic rings. The highest BCUT2D eigenvalue weighted by Crippen LogP contribution is 2.36. The molecule has 4 rings (SSSR count). The zero-order valence-electron chi connectivity index (χ0n) is 20.8. The molecule has 2 fully saturated rings. The van der Waals surface area contributed by atoms with E-state index in [9.17, 15) is 9.59 Å². The molecule has 0 spiro atoms. The number of hydrogen-bond donors (Lipinski definition) is 1. The number of carbonyl (C=O) groups is 2. The van der Waals surface area contributed by atoms with Crippen molar-refractivity contribution in [2.45, 2.75) is 52.2 Å². The zero-order valence-corrected chi connectivity index (χ0v) is 20.8. The summed E-state index contributed by atoms with van der Waals surface area (Å²) in [5.74, 6) is 1.04. The average molecular weight is 466 g/mol. The number of amides is 3. The van der Waals surface area contributed by atoms with Crippen molar-refractivity contribution in [2.24, 2.45) is 5.92 Å². The minimum Gasteiger partial charge on any atom is -0.493 e. The van der Waals surface area contributed by atoms with Gasteiger partial charge in [-0.15, -0.1) is 0 Å². The molecule has 0 unspecified atom stereocenters. The molecule has 2 aromatic rings. The third-order valence-electron chi connectivity index (χ3n) is 7.21. The first-order valence-electron chi connectivity index (χ1n) is 11.9. The molecule has 0 bridgehead atoms. The molecule has 1 N–H and O–H groups in total. The summed E-state index contributed by atoms with van der Waals surface area (Å²) in [6.07, 6.45) is 1.73. The van der Waals surface area contributed by atoms with Crippen LogP contribution < -0.4 is 14.8 Å². The fourth-order valence-corrected chi connectivity index (χ4v) is 5.47. The van der Waals surface area contributed by atoms with Crippen molar-refractivity contribution in [3.05, 3.63) is 58.7 Å². The minimum atomic E-state index is -0.894. The lowest BCUT2D eigenvalue weighted by molar-refractivity contribution is -0.133. The lowest BCUT2D eigenvalue weighted by atomic mass is 9.78. The van der Waals surface area contributed by atoms with Crippen LogP contribution in [0.4, 0.5) is 4.79 Å². The lowest BCUT2D eigenvalue weighted by Crippen LogP contribution is -2.53. The number of nitrogens with zero attached hydrogens (tertiary/aromatic N) is 2. The Bertz CT molecular complexity index is 1060. The topological polar surface area (TPSA) is 71.1 Å². The van der Waals surface area contributed by atoms with E-state index < -0.39 is 5.54 Å². The van der Waals surface area contributed by atoms with E-state index in [1.165, 1.54) is 21.6 Å². The third-order valence-corrected chi connectivity index (χ3v) is 7.21. The number of nitrogens with one attached hydrogen (secondary N) is 1. The predicted molar refractivity (Wildman–Crippen MR) is 131 cm³/mol. The van der Waals surface area contributed by atoms with Crippen LogP contribution in [0.25, 0.3) is 0 Å². The summed E-state index contributed by atoms with van der Waals surface area (Å²) in [6, 6.07) is 11.8. The van der Waals surface area contributed by atoms with Crippen LogP contribution in [0.2, 0.25) is 0 Å². The Labute approximate surface area is 202 Å². The van der Waals surface area contributed by atoms with E-state index in [0.29, 0.717) is 11.5 Å². The third kappa shape index (κ3) is 4.62. The van der Waals surface area contributed by atoms with Crippen LogP contribution >= 0.6 is 0 Å². The smallest absolute Gasteiger partial charge is 0.325 e. The Morgan fingerprint density at radius 3 is 2.29 bits per heavy atom. The van der Waals surface area contributed by atoms with E-state index in [-0.39, 0.29) is 24.4 Å². The van der Waals surface area contributed by atoms with E-state index >= 15 is 0 Å². The van der Waals surface area contributed by atoms with Gasteiger partial charge in [0.1, 0.15) is 5.54 Å². The minimum absolute atomic E-state index is 0.0941. The Hall–Kier alpha value is -3.06. The summed E-state index contributed by atoms with van der Waals surface area (Å²) >= 11 is 0. The summed E-state index contributed by atoms with van der Waals surface area (Å²) in [7, 11) is 3.13. The van der Waals surface area contributed by atoms with Gasteiger partial charge in [-0.2, -0.15) is 0 Å². The molecule has 2 aliphatic heterocycles. The monoisotopic (exact) mass is 465 g/mol. The molecule has 0 aromatic heterocycles. The summed E-state index contributed by atoms with van der Waals surface area (Å²) in [5.41, 5.74) is 3.73. The van der Waals surface area contributed by atoms with Gasteiger partial charge in [-0.1, -0.05) is 41.5 Å². The van der Waals surface area contributed by atoms with Gasteiger partial charge in [-0.3, -0.25) is 14.6 Å². The molecule has 2 heterocycles. The number of urea groups is 1. The Balaban J connectivity index is 1.42. The first-order valence-corrected chi connectivity index (χ1v) is 11.9. The second-order valence-corrected chi connectivity index (χ2v) is 9.72. The molecule has 2 aromatic carbocycles. The quantitative estimate of drug-likeness (QED) is 0.625. The highest BCUT2D eigenvalue weighted by Gasteiger charge is 2.52. The van der Waals surface area contributed by atoms with Crippen molar-refractivity contribution >= 4 is 11.9 Å². The van der Waals surface area contributed by atoms with Crippen LogP contribution in [0.1, 0.15) is 42.0 Å². The van der Waals surface area contributed by atoms with E-state index in [1.54, 1.807) is 20.3 Å². The first kappa shape index (κ1) is 24.1. The molecular formula is C27H35N3O4. The van der Waals surface area contributed by atoms with Crippen molar-refractivity contribution in [1.82, 2.24) is 15.1 Å². The summed E-state index contributed by atoms with van der Waals surface area (Å²) < 4.78 is 10.9. The molecule has 3 amide bonds. The fourth-order valence-electron chi connectivity index (χ4n) is 5.47. The number of rotatable bonds is 7. The number of carbonyl (C=O) groups excluding carboxylic acids is 2. The maximum Gasteiger partial charge on any atom is 0.325 e. The number of aryl methyl sites for hydroxylation is 2. The van der Waals surface area contributed by atoms with Crippen molar-refractivity contribution in [3.8, 4) is 11.5 Å². The number of piperidine rings is 1. The van der Waals surface area contributed by atoms with Crippen molar-refractivity contribution in [1.29, 1.82) is 0 Å². The number of methoxy groups -OCH3 is 2. The van der Waals surface area contributed by atoms with E-state index in [4.69, 9.17) is 9.47 Å². The first-order chi connectivity index (χ1) is 16.2. The molecule has 2 saturated heterocycles. The Morgan fingerprint density at radius 2 is 1.68 bits per heavy atom. The highest BCUT2D eigenvalue weighted by atomic mass is 16.5. The maximum absolute atomic E-state index is 13.5. The van der Waals surface area contributed by atoms with Gasteiger partial charge in [0.15, 0.2) is 11.5 Å². The standard InChI is InChI=1S/C27H35N3O4/c1-18-13-19(2)15-20(14-18)16-29-11-9-22(10-12-29)27(3)25(31)30(26(32)28-27)17-21-7-6-8-23(33-4)24(21)34-5/h6-8,13-15,22H,9-12,16-17H2,1-5H3,(H,28,32)/t27-/m1/s1. The summed E-state index contributed by atoms with van der Waals surface area (Å²) in [4.78, 5) is 30.1. The molecule has 1 atom stereocenters. The van der Waals surface area contributed by atoms with Crippen LogP contribution in [0.5, 0.6) is 11.5 Å². The number of para-hydroxylation sites is 1. The molecule has 0 aliphatic carbocycles. The van der Waals surface area contributed by atoms with Gasteiger partial charge in [-0.25, -0.2) is 4.79 Å². The lowest BCUT2D eigenvalue weighted by Gasteiger charge is -2.39. The van der Waals surface area contributed by atoms with E-state index in [2.05, 4.69) is 42.3 Å². The van der Waals surface area contributed by atoms with Gasteiger partial charge in [0.2, 0.25) is 0 Å². The van der Waals surface area contributed by atoms with Gasteiger partial charge in [-0.05, 0) is 64.3 Å². The van der Waals surface area contributed by atoms with Crippen molar-refractivity contribution in [3.63, 3.8) is 0 Å². The SMILES string of the molecule is COc1cccc(CN2C(=O)N[C@](C)(C3CCN(Cc4cc(C)cc(C)c4)CC3)C2=O)c1OC. The second kappa shape index (κ2) is 9.66. The largest absolute Gasteiger partial charge is 0.493 e. The van der Waals surface area contributed by atoms with Gasteiger partial charge >= 0.3 is 6.03 Å². The van der Waals surface area contributed by atoms with Crippen LogP contribution in [0.3, 0.4) is 0 Å². The van der Waals surface area contributed by atoms with Crippen LogP contribution in [0.15, 0.2) is 36.4 Å². The zero-order chi connectivity index (χ0) is 24.5. The van der Waals surface area contributed by atoms with Gasteiger partial charge in [0.05, 0.1) is 20.8 Å². The molecule has 34 heavy (non-hydrogen) atoms. The van der Waals surface area contributed by atoms with Gasteiger partial charge < -0.3 is 14.8 Å². The van der Waals surface area contributed by atoms with E-state index in [0.717, 1.165) is 38.0 Å².